The van der Waals surface area contributed by atoms with Crippen molar-refractivity contribution in [2.45, 2.75) is 36.8 Å². The van der Waals surface area contributed by atoms with E-state index in [-0.39, 0.29) is 29.5 Å². The fraction of sp³-hybridized carbons (Fsp3) is 0.318. The molecule has 0 unspecified atom stereocenters. The quantitative estimate of drug-likeness (QED) is 0.538. The van der Waals surface area contributed by atoms with E-state index in [9.17, 15) is 13.2 Å². The van der Waals surface area contributed by atoms with E-state index >= 15 is 0 Å². The summed E-state index contributed by atoms with van der Waals surface area (Å²) in [5, 5.41) is 7.02. The molecule has 4 rings (SSSR count). The molecule has 1 fully saturated rings. The molecule has 2 heterocycles. The lowest BCUT2D eigenvalue weighted by Gasteiger charge is -2.15. The number of hydrogen-bond acceptors (Lipinski definition) is 6. The third-order valence-corrected chi connectivity index (χ3v) is 6.82. The average molecular weight is 456 g/mol. The lowest BCUT2D eigenvalue weighted by molar-refractivity contribution is 0.0939. The Labute approximate surface area is 186 Å². The Kier molecular flexibility index (Phi) is 6.63. The van der Waals surface area contributed by atoms with Crippen molar-refractivity contribution in [1.82, 2.24) is 24.8 Å². The lowest BCUT2D eigenvalue weighted by Crippen LogP contribution is -2.32. The molecule has 1 aliphatic heterocycles. The topological polar surface area (TPSA) is 115 Å². The Bertz CT molecular complexity index is 1140. The fourth-order valence-corrected chi connectivity index (χ4v) is 4.56. The normalized spacial score (nSPS) is 17.2. The molecule has 0 spiro atoms. The van der Waals surface area contributed by atoms with E-state index in [2.05, 4.69) is 20.1 Å². The number of nitrogens with one attached hydrogen (secondary N) is 2. The summed E-state index contributed by atoms with van der Waals surface area (Å²) < 4.78 is 34.6. The number of carbonyl (C=O) groups is 1. The van der Waals surface area contributed by atoms with Crippen LogP contribution in [0.15, 0.2) is 66.1 Å². The highest BCUT2D eigenvalue weighted by Crippen LogP contribution is 2.17. The summed E-state index contributed by atoms with van der Waals surface area (Å²) in [6.45, 7) is 2.80. The van der Waals surface area contributed by atoms with Crippen molar-refractivity contribution in [3.63, 3.8) is 0 Å². The molecule has 168 valence electrons. The SMILES string of the molecule is C[C@@H](NC(=O)c1ccc(S(=O)(=O)NC[C@H]2CCCO2)cc1)c1ccc(-n2cncn2)cc1. The second-order valence-corrected chi connectivity index (χ2v) is 9.40. The largest absolute Gasteiger partial charge is 0.377 e. The van der Waals surface area contributed by atoms with Crippen LogP contribution in [0.1, 0.15) is 41.7 Å². The molecule has 2 N–H and O–H groups in total. The van der Waals surface area contributed by atoms with Crippen LogP contribution in [0.5, 0.6) is 0 Å². The van der Waals surface area contributed by atoms with E-state index in [0.29, 0.717) is 12.2 Å². The van der Waals surface area contributed by atoms with Crippen LogP contribution in [0.3, 0.4) is 0 Å². The maximum atomic E-state index is 12.6. The van der Waals surface area contributed by atoms with Crippen LogP contribution in [0, 0.1) is 0 Å². The zero-order chi connectivity index (χ0) is 22.6. The predicted molar refractivity (Wildman–Crippen MR) is 118 cm³/mol. The van der Waals surface area contributed by atoms with Crippen LogP contribution in [0.2, 0.25) is 0 Å². The Hall–Kier alpha value is -3.08. The van der Waals surface area contributed by atoms with Gasteiger partial charge in [-0.05, 0) is 61.7 Å². The Morgan fingerprint density at radius 3 is 2.56 bits per heavy atom. The van der Waals surface area contributed by atoms with Gasteiger partial charge in [0.2, 0.25) is 10.0 Å². The van der Waals surface area contributed by atoms with E-state index < -0.39 is 10.0 Å². The van der Waals surface area contributed by atoms with Crippen LogP contribution >= 0.6 is 0 Å². The third-order valence-electron chi connectivity index (χ3n) is 5.38. The number of ether oxygens (including phenoxy) is 1. The molecular formula is C22H25N5O4S. The molecule has 10 heteroatoms. The number of rotatable bonds is 8. The van der Waals surface area contributed by atoms with Crippen LogP contribution in [-0.2, 0) is 14.8 Å². The Balaban J connectivity index is 1.35. The van der Waals surface area contributed by atoms with Crippen LogP contribution in [0.25, 0.3) is 5.69 Å². The van der Waals surface area contributed by atoms with Gasteiger partial charge >= 0.3 is 0 Å². The highest BCUT2D eigenvalue weighted by molar-refractivity contribution is 7.89. The van der Waals surface area contributed by atoms with Crippen molar-refractivity contribution in [2.24, 2.45) is 0 Å². The zero-order valence-electron chi connectivity index (χ0n) is 17.6. The van der Waals surface area contributed by atoms with E-state index in [4.69, 9.17) is 4.74 Å². The first-order valence-corrected chi connectivity index (χ1v) is 11.9. The van der Waals surface area contributed by atoms with Gasteiger partial charge in [-0.2, -0.15) is 5.10 Å². The van der Waals surface area contributed by atoms with Gasteiger partial charge in [-0.3, -0.25) is 4.79 Å². The van der Waals surface area contributed by atoms with E-state index in [1.807, 2.05) is 31.2 Å². The first-order chi connectivity index (χ1) is 15.4. The summed E-state index contributed by atoms with van der Waals surface area (Å²) in [7, 11) is -3.65. The molecule has 1 saturated heterocycles. The van der Waals surface area contributed by atoms with Gasteiger partial charge in [0, 0.05) is 18.7 Å². The van der Waals surface area contributed by atoms with Crippen molar-refractivity contribution < 1.29 is 17.9 Å². The maximum Gasteiger partial charge on any atom is 0.251 e. The van der Waals surface area contributed by atoms with Crippen LogP contribution in [0.4, 0.5) is 0 Å². The monoisotopic (exact) mass is 455 g/mol. The van der Waals surface area contributed by atoms with Crippen molar-refractivity contribution in [2.75, 3.05) is 13.2 Å². The number of carbonyl (C=O) groups excluding carboxylic acids is 1. The molecular weight excluding hydrogens is 430 g/mol. The number of amides is 1. The summed E-state index contributed by atoms with van der Waals surface area (Å²) in [5.41, 5.74) is 2.18. The van der Waals surface area contributed by atoms with Gasteiger partial charge in [0.1, 0.15) is 12.7 Å². The highest BCUT2D eigenvalue weighted by Gasteiger charge is 2.21. The molecule has 1 aliphatic rings. The van der Waals surface area contributed by atoms with Crippen LogP contribution in [-0.4, -0.2) is 48.3 Å². The first kappa shape index (κ1) is 22.1. The minimum absolute atomic E-state index is 0.0819. The van der Waals surface area contributed by atoms with Gasteiger partial charge in [0.15, 0.2) is 0 Å². The van der Waals surface area contributed by atoms with Crippen molar-refractivity contribution in [3.8, 4) is 5.69 Å². The molecule has 0 bridgehead atoms. The molecule has 2 aromatic carbocycles. The molecule has 0 aliphatic carbocycles. The predicted octanol–water partition coefficient (Wildman–Crippen LogP) is 2.22. The molecule has 0 radical (unpaired) electrons. The number of sulfonamides is 1. The minimum Gasteiger partial charge on any atom is -0.377 e. The van der Waals surface area contributed by atoms with E-state index in [1.165, 1.54) is 30.6 Å². The third kappa shape index (κ3) is 5.21. The van der Waals surface area contributed by atoms with Gasteiger partial charge in [-0.15, -0.1) is 0 Å². The summed E-state index contributed by atoms with van der Waals surface area (Å²) in [6.07, 6.45) is 4.79. The molecule has 2 atom stereocenters. The lowest BCUT2D eigenvalue weighted by atomic mass is 10.1. The molecule has 1 amide bonds. The standard InChI is InChI=1S/C22H25N5O4S/c1-16(17-4-8-19(9-5-17)27-15-23-14-24-27)26-22(28)18-6-10-21(11-7-18)32(29,30)25-13-20-3-2-12-31-20/h4-11,14-16,20,25H,2-3,12-13H2,1H3,(H,26,28)/t16-,20-/m1/s1. The van der Waals surface area contributed by atoms with Crippen molar-refractivity contribution >= 4 is 15.9 Å². The summed E-state index contributed by atoms with van der Waals surface area (Å²) >= 11 is 0. The second kappa shape index (κ2) is 9.60. The molecule has 9 nitrogen and oxygen atoms in total. The highest BCUT2D eigenvalue weighted by atomic mass is 32.2. The number of aromatic nitrogens is 3. The molecule has 32 heavy (non-hydrogen) atoms. The second-order valence-electron chi connectivity index (χ2n) is 7.64. The van der Waals surface area contributed by atoms with Crippen LogP contribution < -0.4 is 10.0 Å². The molecule has 3 aromatic rings. The average Bonchev–Trinajstić information content (AvgIpc) is 3.52. The molecule has 0 saturated carbocycles. The number of hydrogen-bond donors (Lipinski definition) is 2. The smallest absolute Gasteiger partial charge is 0.251 e. The van der Waals surface area contributed by atoms with E-state index in [1.54, 1.807) is 11.0 Å². The Morgan fingerprint density at radius 2 is 1.94 bits per heavy atom. The zero-order valence-corrected chi connectivity index (χ0v) is 18.5. The minimum atomic E-state index is -3.65. The van der Waals surface area contributed by atoms with Gasteiger partial charge in [0.25, 0.3) is 5.91 Å². The number of benzene rings is 2. The summed E-state index contributed by atoms with van der Waals surface area (Å²) in [4.78, 5) is 16.7. The van der Waals surface area contributed by atoms with Gasteiger partial charge in [0.05, 0.1) is 22.7 Å². The van der Waals surface area contributed by atoms with E-state index in [0.717, 1.165) is 24.1 Å². The fourth-order valence-electron chi connectivity index (χ4n) is 3.50. The Morgan fingerprint density at radius 1 is 1.19 bits per heavy atom. The summed E-state index contributed by atoms with van der Waals surface area (Å²) in [5.74, 6) is -0.283. The first-order valence-electron chi connectivity index (χ1n) is 10.4. The summed E-state index contributed by atoms with van der Waals surface area (Å²) in [6, 6.07) is 13.3. The van der Waals surface area contributed by atoms with Gasteiger partial charge in [-0.1, -0.05) is 12.1 Å². The van der Waals surface area contributed by atoms with Crippen molar-refractivity contribution in [1.29, 1.82) is 0 Å². The molecule has 1 aromatic heterocycles. The van der Waals surface area contributed by atoms with Gasteiger partial charge < -0.3 is 10.1 Å². The van der Waals surface area contributed by atoms with Gasteiger partial charge in [-0.25, -0.2) is 22.8 Å². The maximum absolute atomic E-state index is 12.6. The number of nitrogens with zero attached hydrogens (tertiary/aromatic N) is 3. The van der Waals surface area contributed by atoms with Crippen molar-refractivity contribution in [3.05, 3.63) is 72.3 Å².